The van der Waals surface area contributed by atoms with Gasteiger partial charge in [0.2, 0.25) is 0 Å². The largest absolute Gasteiger partial charge is 0.468 e. The Morgan fingerprint density at radius 1 is 1.21 bits per heavy atom. The summed E-state index contributed by atoms with van der Waals surface area (Å²) in [5.41, 5.74) is 1.91. The Hall–Kier alpha value is -1.65. The predicted molar refractivity (Wildman–Crippen MR) is 94.4 cm³/mol. The first-order valence-electron chi connectivity index (χ1n) is 9.09. The van der Waals surface area contributed by atoms with Crippen molar-refractivity contribution in [1.82, 2.24) is 14.8 Å². The Morgan fingerprint density at radius 3 is 2.62 bits per heavy atom. The van der Waals surface area contributed by atoms with Crippen LogP contribution in [-0.4, -0.2) is 41.0 Å². The third-order valence-corrected chi connectivity index (χ3v) is 6.15. The molecule has 2 fully saturated rings. The van der Waals surface area contributed by atoms with Crippen LogP contribution >= 0.6 is 0 Å². The van der Waals surface area contributed by atoms with Gasteiger partial charge in [0.1, 0.15) is 5.76 Å². The Morgan fingerprint density at radius 2 is 2.00 bits per heavy atom. The number of piperidine rings is 1. The average molecular weight is 325 g/mol. The third-order valence-electron chi connectivity index (χ3n) is 6.15. The summed E-state index contributed by atoms with van der Waals surface area (Å²) in [5, 5.41) is 0. The minimum atomic E-state index is 0.538. The molecule has 0 aromatic carbocycles. The zero-order chi connectivity index (χ0) is 16.4. The molecule has 1 aliphatic carbocycles. The molecule has 2 aromatic rings. The molecule has 1 atom stereocenters. The van der Waals surface area contributed by atoms with E-state index in [2.05, 4.69) is 40.0 Å². The number of likely N-dealkylation sites (tertiary alicyclic amines) is 1. The fourth-order valence-electron chi connectivity index (χ4n) is 4.61. The second-order valence-corrected chi connectivity index (χ2v) is 7.54. The summed E-state index contributed by atoms with van der Waals surface area (Å²) < 4.78 is 5.53. The van der Waals surface area contributed by atoms with E-state index in [4.69, 9.17) is 4.42 Å². The van der Waals surface area contributed by atoms with Crippen LogP contribution in [0.5, 0.6) is 0 Å². The third kappa shape index (κ3) is 3.13. The zero-order valence-corrected chi connectivity index (χ0v) is 14.5. The monoisotopic (exact) mass is 325 g/mol. The maximum atomic E-state index is 5.53. The fraction of sp³-hybridized carbons (Fsp3) is 0.550. The molecule has 3 heterocycles. The molecule has 1 aliphatic heterocycles. The van der Waals surface area contributed by atoms with Gasteiger partial charge in [-0.1, -0.05) is 0 Å². The Balaban J connectivity index is 1.32. The van der Waals surface area contributed by atoms with Gasteiger partial charge in [0.15, 0.2) is 0 Å². The molecular formula is C20H27N3O. The minimum Gasteiger partial charge on any atom is -0.468 e. The van der Waals surface area contributed by atoms with Crippen LogP contribution in [0.25, 0.3) is 0 Å². The van der Waals surface area contributed by atoms with Crippen LogP contribution in [0.15, 0.2) is 47.3 Å². The first-order valence-corrected chi connectivity index (χ1v) is 9.09. The molecule has 0 N–H and O–H groups in total. The molecule has 2 aliphatic rings. The highest BCUT2D eigenvalue weighted by Crippen LogP contribution is 2.51. The van der Waals surface area contributed by atoms with Gasteiger partial charge >= 0.3 is 0 Å². The molecule has 0 amide bonds. The van der Waals surface area contributed by atoms with Gasteiger partial charge in [-0.15, -0.1) is 0 Å². The van der Waals surface area contributed by atoms with Crippen LogP contribution in [0.2, 0.25) is 0 Å². The molecular weight excluding hydrogens is 298 g/mol. The summed E-state index contributed by atoms with van der Waals surface area (Å²) in [5.74, 6) is 1.08. The maximum absolute atomic E-state index is 5.53. The lowest BCUT2D eigenvalue weighted by Gasteiger charge is -2.57. The Labute approximate surface area is 144 Å². The molecule has 0 radical (unpaired) electrons. The summed E-state index contributed by atoms with van der Waals surface area (Å²) in [7, 11) is 2.26. The number of aromatic nitrogens is 1. The molecule has 4 heteroatoms. The number of pyridine rings is 1. The van der Waals surface area contributed by atoms with E-state index < -0.39 is 0 Å². The van der Waals surface area contributed by atoms with Gasteiger partial charge in [-0.2, -0.15) is 0 Å². The number of hydrogen-bond donors (Lipinski definition) is 0. The summed E-state index contributed by atoms with van der Waals surface area (Å²) in [6.45, 7) is 4.42. The van der Waals surface area contributed by atoms with Crippen molar-refractivity contribution in [2.45, 2.75) is 44.8 Å². The van der Waals surface area contributed by atoms with E-state index in [1.807, 2.05) is 18.5 Å². The zero-order valence-electron chi connectivity index (χ0n) is 14.5. The van der Waals surface area contributed by atoms with Crippen LogP contribution in [-0.2, 0) is 13.1 Å². The molecule has 1 saturated carbocycles. The van der Waals surface area contributed by atoms with Crippen molar-refractivity contribution >= 4 is 0 Å². The number of furan rings is 1. The molecule has 4 rings (SSSR count). The van der Waals surface area contributed by atoms with Crippen molar-refractivity contribution in [3.63, 3.8) is 0 Å². The standard InChI is InChI=1S/C20H27N3O/c1-22(16-18-3-2-14-24-18)19-4-7-20(19)8-12-23(13-9-20)15-17-5-10-21-11-6-17/h2-3,5-6,10-11,14,19H,4,7-9,12-13,15-16H2,1H3/t19-/m0/s1. The summed E-state index contributed by atoms with van der Waals surface area (Å²) >= 11 is 0. The molecule has 24 heavy (non-hydrogen) atoms. The lowest BCUT2D eigenvalue weighted by atomic mass is 9.58. The van der Waals surface area contributed by atoms with Crippen molar-refractivity contribution in [3.8, 4) is 0 Å². The van der Waals surface area contributed by atoms with Gasteiger partial charge in [-0.3, -0.25) is 14.8 Å². The van der Waals surface area contributed by atoms with Crippen molar-refractivity contribution < 1.29 is 4.42 Å². The number of hydrogen-bond acceptors (Lipinski definition) is 4. The van der Waals surface area contributed by atoms with Crippen LogP contribution in [0.4, 0.5) is 0 Å². The van der Waals surface area contributed by atoms with Crippen molar-refractivity contribution in [3.05, 3.63) is 54.2 Å². The van der Waals surface area contributed by atoms with E-state index in [1.54, 1.807) is 6.26 Å². The van der Waals surface area contributed by atoms with Gasteiger partial charge in [0.25, 0.3) is 0 Å². The van der Waals surface area contributed by atoms with Gasteiger partial charge in [0, 0.05) is 25.0 Å². The van der Waals surface area contributed by atoms with E-state index in [0.29, 0.717) is 11.5 Å². The van der Waals surface area contributed by atoms with Crippen molar-refractivity contribution in [2.75, 3.05) is 20.1 Å². The van der Waals surface area contributed by atoms with Crippen molar-refractivity contribution in [1.29, 1.82) is 0 Å². The second-order valence-electron chi connectivity index (χ2n) is 7.54. The van der Waals surface area contributed by atoms with E-state index in [9.17, 15) is 0 Å². The van der Waals surface area contributed by atoms with Crippen LogP contribution in [0.1, 0.15) is 37.0 Å². The van der Waals surface area contributed by atoms with E-state index in [-0.39, 0.29) is 0 Å². The van der Waals surface area contributed by atoms with Gasteiger partial charge in [-0.05, 0) is 81.1 Å². The molecule has 2 aromatic heterocycles. The molecule has 1 saturated heterocycles. The average Bonchev–Trinajstić information content (AvgIpc) is 3.08. The van der Waals surface area contributed by atoms with E-state index >= 15 is 0 Å². The minimum absolute atomic E-state index is 0.538. The van der Waals surface area contributed by atoms with E-state index in [1.165, 1.54) is 44.3 Å². The summed E-state index contributed by atoms with van der Waals surface area (Å²) in [4.78, 5) is 9.23. The first-order chi connectivity index (χ1) is 11.8. The van der Waals surface area contributed by atoms with E-state index in [0.717, 1.165) is 18.8 Å². The lowest BCUT2D eigenvalue weighted by molar-refractivity contribution is -0.0648. The summed E-state index contributed by atoms with van der Waals surface area (Å²) in [6.07, 6.45) is 10.9. The van der Waals surface area contributed by atoms with Gasteiger partial charge in [0.05, 0.1) is 12.8 Å². The maximum Gasteiger partial charge on any atom is 0.117 e. The lowest BCUT2D eigenvalue weighted by Crippen LogP contribution is -2.57. The highest BCUT2D eigenvalue weighted by Gasteiger charge is 2.49. The normalized spacial score (nSPS) is 23.5. The number of rotatable bonds is 5. The molecule has 128 valence electrons. The molecule has 0 bridgehead atoms. The van der Waals surface area contributed by atoms with Crippen LogP contribution in [0.3, 0.4) is 0 Å². The fourth-order valence-corrected chi connectivity index (χ4v) is 4.61. The van der Waals surface area contributed by atoms with Crippen molar-refractivity contribution in [2.24, 2.45) is 5.41 Å². The summed E-state index contributed by atoms with van der Waals surface area (Å²) in [6, 6.07) is 9.04. The molecule has 4 nitrogen and oxygen atoms in total. The Bertz CT molecular complexity index is 632. The second kappa shape index (κ2) is 6.69. The molecule has 0 unspecified atom stereocenters. The highest BCUT2D eigenvalue weighted by atomic mass is 16.3. The topological polar surface area (TPSA) is 32.5 Å². The predicted octanol–water partition coefficient (Wildman–Crippen LogP) is 3.55. The SMILES string of the molecule is CN(Cc1ccco1)[C@H]1CCC12CCN(Cc1ccncc1)CC2. The quantitative estimate of drug-likeness (QED) is 0.841. The van der Waals surface area contributed by atoms with Gasteiger partial charge in [-0.25, -0.2) is 0 Å². The number of nitrogens with zero attached hydrogens (tertiary/aromatic N) is 3. The smallest absolute Gasteiger partial charge is 0.117 e. The van der Waals surface area contributed by atoms with Crippen LogP contribution in [0, 0.1) is 5.41 Å². The Kier molecular flexibility index (Phi) is 4.42. The van der Waals surface area contributed by atoms with Gasteiger partial charge < -0.3 is 4.42 Å². The first kappa shape index (κ1) is 15.9. The highest BCUT2D eigenvalue weighted by molar-refractivity contribution is 5.11. The van der Waals surface area contributed by atoms with Crippen LogP contribution < -0.4 is 0 Å². The molecule has 1 spiro atoms.